The molecule has 19 heavy (non-hydrogen) atoms. The summed E-state index contributed by atoms with van der Waals surface area (Å²) in [7, 11) is 1.61. The number of nitrogens with one attached hydrogen (secondary N) is 1. The second kappa shape index (κ2) is 8.87. The van der Waals surface area contributed by atoms with Crippen LogP contribution in [0.15, 0.2) is 0 Å². The van der Waals surface area contributed by atoms with Gasteiger partial charge in [-0.15, -0.1) is 0 Å². The standard InChI is InChI=1S/C13H23NO5/c1-18-8-9-19-7-6-14-12(15)10-2-4-11(5-3-10)13(16)17/h10-11H,2-9H2,1H3,(H,14,15)(H,16,17). The van der Waals surface area contributed by atoms with Gasteiger partial charge in [-0.1, -0.05) is 0 Å². The van der Waals surface area contributed by atoms with Crippen LogP contribution in [-0.4, -0.2) is 50.5 Å². The van der Waals surface area contributed by atoms with Crippen LogP contribution in [0.4, 0.5) is 0 Å². The van der Waals surface area contributed by atoms with Crippen molar-refractivity contribution in [2.24, 2.45) is 11.8 Å². The predicted octanol–water partition coefficient (Wildman–Crippen LogP) is 0.657. The molecule has 0 spiro atoms. The largest absolute Gasteiger partial charge is 0.481 e. The van der Waals surface area contributed by atoms with Gasteiger partial charge in [0, 0.05) is 19.6 Å². The highest BCUT2D eigenvalue weighted by Gasteiger charge is 2.29. The summed E-state index contributed by atoms with van der Waals surface area (Å²) in [5.41, 5.74) is 0. The molecule has 0 aromatic rings. The van der Waals surface area contributed by atoms with E-state index in [0.29, 0.717) is 52.0 Å². The summed E-state index contributed by atoms with van der Waals surface area (Å²) in [4.78, 5) is 22.6. The first kappa shape index (κ1) is 15.9. The number of aliphatic carboxylic acids is 1. The summed E-state index contributed by atoms with van der Waals surface area (Å²) in [5.74, 6) is -1.06. The molecule has 110 valence electrons. The first-order valence-corrected chi connectivity index (χ1v) is 6.72. The molecule has 6 nitrogen and oxygen atoms in total. The van der Waals surface area contributed by atoms with E-state index in [1.807, 2.05) is 0 Å². The van der Waals surface area contributed by atoms with Crippen LogP contribution < -0.4 is 5.32 Å². The highest BCUT2D eigenvalue weighted by molar-refractivity contribution is 5.79. The minimum atomic E-state index is -0.745. The smallest absolute Gasteiger partial charge is 0.306 e. The topological polar surface area (TPSA) is 84.9 Å². The van der Waals surface area contributed by atoms with Gasteiger partial charge in [-0.2, -0.15) is 0 Å². The van der Waals surface area contributed by atoms with E-state index in [9.17, 15) is 9.59 Å². The maximum absolute atomic E-state index is 11.8. The van der Waals surface area contributed by atoms with E-state index in [0.717, 1.165) is 0 Å². The lowest BCUT2D eigenvalue weighted by molar-refractivity contribution is -0.144. The number of carboxylic acids is 1. The number of amides is 1. The summed E-state index contributed by atoms with van der Waals surface area (Å²) in [6.07, 6.45) is 2.51. The van der Waals surface area contributed by atoms with Gasteiger partial charge in [-0.05, 0) is 25.7 Å². The number of ether oxygens (including phenoxy) is 2. The second-order valence-corrected chi connectivity index (χ2v) is 4.78. The zero-order valence-corrected chi connectivity index (χ0v) is 11.4. The molecule has 0 aromatic carbocycles. The minimum Gasteiger partial charge on any atom is -0.481 e. The Kier molecular flexibility index (Phi) is 7.43. The molecule has 1 aliphatic rings. The van der Waals surface area contributed by atoms with Crippen LogP contribution in [-0.2, 0) is 19.1 Å². The number of carboxylic acid groups (broad SMARTS) is 1. The fourth-order valence-electron chi connectivity index (χ4n) is 2.24. The van der Waals surface area contributed by atoms with Gasteiger partial charge < -0.3 is 19.9 Å². The molecule has 6 heteroatoms. The molecule has 1 fully saturated rings. The van der Waals surface area contributed by atoms with Crippen molar-refractivity contribution in [2.45, 2.75) is 25.7 Å². The summed E-state index contributed by atoms with van der Waals surface area (Å²) in [5, 5.41) is 11.7. The van der Waals surface area contributed by atoms with Crippen LogP contribution in [0, 0.1) is 11.8 Å². The van der Waals surface area contributed by atoms with Crippen LogP contribution >= 0.6 is 0 Å². The average molecular weight is 273 g/mol. The van der Waals surface area contributed by atoms with E-state index in [4.69, 9.17) is 14.6 Å². The first-order valence-electron chi connectivity index (χ1n) is 6.72. The Balaban J connectivity index is 2.09. The maximum Gasteiger partial charge on any atom is 0.306 e. The first-order chi connectivity index (χ1) is 9.15. The van der Waals surface area contributed by atoms with E-state index < -0.39 is 5.97 Å². The fraction of sp³-hybridized carbons (Fsp3) is 0.846. The van der Waals surface area contributed by atoms with Gasteiger partial charge in [0.1, 0.15) is 0 Å². The van der Waals surface area contributed by atoms with Crippen molar-refractivity contribution in [3.05, 3.63) is 0 Å². The van der Waals surface area contributed by atoms with E-state index in [2.05, 4.69) is 5.32 Å². The summed E-state index contributed by atoms with van der Waals surface area (Å²) in [6.45, 7) is 2.03. The highest BCUT2D eigenvalue weighted by Crippen LogP contribution is 2.28. The monoisotopic (exact) mass is 273 g/mol. The van der Waals surface area contributed by atoms with E-state index in [-0.39, 0.29) is 17.7 Å². The lowest BCUT2D eigenvalue weighted by atomic mass is 9.81. The number of methoxy groups -OCH3 is 1. The number of rotatable bonds is 8. The summed E-state index contributed by atoms with van der Waals surface area (Å²) < 4.78 is 10.1. The van der Waals surface area contributed by atoms with Crippen molar-refractivity contribution >= 4 is 11.9 Å². The average Bonchev–Trinajstić information content (AvgIpc) is 2.42. The molecular weight excluding hydrogens is 250 g/mol. The Labute approximate surface area is 113 Å². The highest BCUT2D eigenvalue weighted by atomic mass is 16.5. The quantitative estimate of drug-likeness (QED) is 0.634. The number of carbonyl (C=O) groups is 2. The zero-order valence-electron chi connectivity index (χ0n) is 11.4. The number of hydrogen-bond acceptors (Lipinski definition) is 4. The van der Waals surface area contributed by atoms with Crippen LogP contribution in [0.2, 0.25) is 0 Å². The molecule has 2 N–H and O–H groups in total. The van der Waals surface area contributed by atoms with Crippen molar-refractivity contribution in [3.63, 3.8) is 0 Å². The lowest BCUT2D eigenvalue weighted by Crippen LogP contribution is -2.36. The third-order valence-electron chi connectivity index (χ3n) is 3.42. The third-order valence-corrected chi connectivity index (χ3v) is 3.42. The van der Waals surface area contributed by atoms with Gasteiger partial charge in [0.15, 0.2) is 0 Å². The molecule has 0 bridgehead atoms. The fourth-order valence-corrected chi connectivity index (χ4v) is 2.24. The molecule has 0 aromatic heterocycles. The van der Waals surface area contributed by atoms with Gasteiger partial charge >= 0.3 is 5.97 Å². The van der Waals surface area contributed by atoms with Gasteiger partial charge in [-0.25, -0.2) is 0 Å². The van der Waals surface area contributed by atoms with E-state index >= 15 is 0 Å². The Hall–Kier alpha value is -1.14. The SMILES string of the molecule is COCCOCCNC(=O)C1CCC(C(=O)O)CC1. The maximum atomic E-state index is 11.8. The number of carbonyl (C=O) groups excluding carboxylic acids is 1. The van der Waals surface area contributed by atoms with Crippen LogP contribution in [0.3, 0.4) is 0 Å². The normalized spacial score (nSPS) is 23.0. The summed E-state index contributed by atoms with van der Waals surface area (Å²) in [6, 6.07) is 0. The van der Waals surface area contributed by atoms with Gasteiger partial charge in [0.2, 0.25) is 5.91 Å². The van der Waals surface area contributed by atoms with Gasteiger partial charge in [0.25, 0.3) is 0 Å². The van der Waals surface area contributed by atoms with E-state index in [1.165, 1.54) is 0 Å². The van der Waals surface area contributed by atoms with Gasteiger partial charge in [-0.3, -0.25) is 9.59 Å². The zero-order chi connectivity index (χ0) is 14.1. The molecule has 0 saturated heterocycles. The Bertz CT molecular complexity index is 287. The Morgan fingerprint density at radius 2 is 1.74 bits per heavy atom. The Morgan fingerprint density at radius 3 is 2.32 bits per heavy atom. The summed E-state index contributed by atoms with van der Waals surface area (Å²) >= 11 is 0. The lowest BCUT2D eigenvalue weighted by Gasteiger charge is -2.25. The minimum absolute atomic E-state index is 0.0131. The van der Waals surface area contributed by atoms with Crippen molar-refractivity contribution in [2.75, 3.05) is 33.5 Å². The molecule has 1 rings (SSSR count). The molecule has 0 atom stereocenters. The van der Waals surface area contributed by atoms with Crippen molar-refractivity contribution in [1.82, 2.24) is 5.32 Å². The molecule has 0 unspecified atom stereocenters. The van der Waals surface area contributed by atoms with E-state index in [1.54, 1.807) is 7.11 Å². The molecule has 1 aliphatic carbocycles. The second-order valence-electron chi connectivity index (χ2n) is 4.78. The van der Waals surface area contributed by atoms with Crippen LogP contribution in [0.5, 0.6) is 0 Å². The Morgan fingerprint density at radius 1 is 1.11 bits per heavy atom. The van der Waals surface area contributed by atoms with Crippen LogP contribution in [0.1, 0.15) is 25.7 Å². The van der Waals surface area contributed by atoms with Gasteiger partial charge in [0.05, 0.1) is 25.7 Å². The molecule has 0 aliphatic heterocycles. The molecule has 1 saturated carbocycles. The molecule has 1 amide bonds. The third kappa shape index (κ3) is 6.02. The van der Waals surface area contributed by atoms with Crippen molar-refractivity contribution in [3.8, 4) is 0 Å². The predicted molar refractivity (Wildman–Crippen MR) is 68.8 cm³/mol. The van der Waals surface area contributed by atoms with Crippen molar-refractivity contribution < 1.29 is 24.2 Å². The van der Waals surface area contributed by atoms with Crippen molar-refractivity contribution in [1.29, 1.82) is 0 Å². The number of hydrogen-bond donors (Lipinski definition) is 2. The molecule has 0 heterocycles. The molecular formula is C13H23NO5. The molecule has 0 radical (unpaired) electrons. The van der Waals surface area contributed by atoms with Crippen LogP contribution in [0.25, 0.3) is 0 Å².